The minimum Gasteiger partial charge on any atom is -0.486 e. The second kappa shape index (κ2) is 7.31. The highest BCUT2D eigenvalue weighted by atomic mass is 32.1. The molecule has 0 radical (unpaired) electrons. The van der Waals surface area contributed by atoms with Crippen molar-refractivity contribution in [2.45, 2.75) is 26.7 Å². The average Bonchev–Trinajstić information content (AvgIpc) is 3.04. The highest BCUT2D eigenvalue weighted by Crippen LogP contribution is 2.33. The molecule has 3 heterocycles. The van der Waals surface area contributed by atoms with Gasteiger partial charge < -0.3 is 14.4 Å². The fraction of sp³-hybridized carbons (Fsp3) is 0.450. The number of hydrogen-bond acceptors (Lipinski definition) is 6. The Balaban J connectivity index is 1.41. The molecule has 2 aliphatic heterocycles. The van der Waals surface area contributed by atoms with Crippen molar-refractivity contribution in [3.8, 4) is 11.5 Å². The number of piperidine rings is 1. The van der Waals surface area contributed by atoms with Crippen molar-refractivity contribution in [3.05, 3.63) is 39.3 Å². The summed E-state index contributed by atoms with van der Waals surface area (Å²) in [6, 6.07) is 5.38. The van der Waals surface area contributed by atoms with E-state index in [1.54, 1.807) is 18.2 Å². The zero-order valence-corrected chi connectivity index (χ0v) is 16.3. The third-order valence-electron chi connectivity index (χ3n) is 5.08. The van der Waals surface area contributed by atoms with Crippen LogP contribution in [0.1, 0.15) is 43.6 Å². The van der Waals surface area contributed by atoms with Crippen molar-refractivity contribution < 1.29 is 19.1 Å². The molecular weight excluding hydrogens is 364 g/mol. The third kappa shape index (κ3) is 3.56. The summed E-state index contributed by atoms with van der Waals surface area (Å²) < 4.78 is 11.1. The van der Waals surface area contributed by atoms with Crippen LogP contribution in [0.15, 0.2) is 18.2 Å². The van der Waals surface area contributed by atoms with Crippen molar-refractivity contribution in [1.82, 2.24) is 9.88 Å². The maximum Gasteiger partial charge on any atom is 0.265 e. The largest absolute Gasteiger partial charge is 0.486 e. The molecule has 2 aromatic rings. The Kier molecular flexibility index (Phi) is 4.86. The smallest absolute Gasteiger partial charge is 0.265 e. The van der Waals surface area contributed by atoms with E-state index in [9.17, 15) is 9.59 Å². The van der Waals surface area contributed by atoms with Gasteiger partial charge >= 0.3 is 0 Å². The van der Waals surface area contributed by atoms with Gasteiger partial charge in [0.05, 0.1) is 10.7 Å². The Morgan fingerprint density at radius 2 is 1.81 bits per heavy atom. The van der Waals surface area contributed by atoms with Gasteiger partial charge in [0.15, 0.2) is 17.3 Å². The number of thiazole rings is 1. The summed E-state index contributed by atoms with van der Waals surface area (Å²) in [7, 11) is 0. The molecule has 1 aromatic carbocycles. The molecule has 6 nitrogen and oxygen atoms in total. The molecule has 1 saturated heterocycles. The predicted molar refractivity (Wildman–Crippen MR) is 102 cm³/mol. The maximum atomic E-state index is 12.9. The van der Waals surface area contributed by atoms with E-state index in [2.05, 4.69) is 4.98 Å². The summed E-state index contributed by atoms with van der Waals surface area (Å²) in [5.41, 5.74) is 1.44. The lowest BCUT2D eigenvalue weighted by Gasteiger charge is -2.31. The van der Waals surface area contributed by atoms with Crippen molar-refractivity contribution in [1.29, 1.82) is 0 Å². The van der Waals surface area contributed by atoms with Gasteiger partial charge in [-0.25, -0.2) is 4.98 Å². The van der Waals surface area contributed by atoms with Gasteiger partial charge in [-0.2, -0.15) is 0 Å². The summed E-state index contributed by atoms with van der Waals surface area (Å²) in [5.74, 6) is 1.40. The molecule has 0 aliphatic carbocycles. The average molecular weight is 386 g/mol. The van der Waals surface area contributed by atoms with E-state index in [-0.39, 0.29) is 17.6 Å². The Morgan fingerprint density at radius 1 is 1.11 bits per heavy atom. The standard InChI is InChI=1S/C20H22N2O4S/c1-12-19(27-13(2)21-12)20(24)22-7-5-14(6-8-22)18(23)15-3-4-16-17(11-15)26-10-9-25-16/h3-4,11,14H,5-10H2,1-2H3. The Hall–Kier alpha value is -2.41. The number of carbonyl (C=O) groups is 2. The first-order chi connectivity index (χ1) is 13.0. The van der Waals surface area contributed by atoms with E-state index < -0.39 is 0 Å². The van der Waals surface area contributed by atoms with E-state index in [4.69, 9.17) is 9.47 Å². The summed E-state index contributed by atoms with van der Waals surface area (Å²) >= 11 is 1.44. The molecule has 0 saturated carbocycles. The van der Waals surface area contributed by atoms with Crippen LogP contribution in [-0.4, -0.2) is 47.9 Å². The van der Waals surface area contributed by atoms with Gasteiger partial charge in [-0.3, -0.25) is 9.59 Å². The van der Waals surface area contributed by atoms with Crippen molar-refractivity contribution in [2.75, 3.05) is 26.3 Å². The first-order valence-corrected chi connectivity index (χ1v) is 10.0. The summed E-state index contributed by atoms with van der Waals surface area (Å²) in [5, 5.41) is 0.902. The number of aromatic nitrogens is 1. The number of ether oxygens (including phenoxy) is 2. The molecule has 0 spiro atoms. The van der Waals surface area contributed by atoms with E-state index >= 15 is 0 Å². The lowest BCUT2D eigenvalue weighted by atomic mass is 9.88. The number of ketones is 1. The molecule has 1 aromatic heterocycles. The molecular formula is C20H22N2O4S. The molecule has 0 unspecified atom stereocenters. The molecule has 1 amide bonds. The number of Topliss-reactive ketones (excluding diaryl/α,β-unsaturated/α-hetero) is 1. The Bertz CT molecular complexity index is 884. The fourth-order valence-corrected chi connectivity index (χ4v) is 4.54. The number of nitrogens with zero attached hydrogens (tertiary/aromatic N) is 2. The zero-order valence-electron chi connectivity index (χ0n) is 15.5. The maximum absolute atomic E-state index is 12.9. The van der Waals surface area contributed by atoms with E-state index in [0.717, 1.165) is 10.7 Å². The number of fused-ring (bicyclic) bond motifs is 1. The van der Waals surface area contributed by atoms with Crippen LogP contribution in [0.3, 0.4) is 0 Å². The van der Waals surface area contributed by atoms with Crippen LogP contribution in [0.4, 0.5) is 0 Å². The molecule has 7 heteroatoms. The lowest BCUT2D eigenvalue weighted by molar-refractivity contribution is 0.0653. The number of likely N-dealkylation sites (tertiary alicyclic amines) is 1. The van der Waals surface area contributed by atoms with Gasteiger partial charge in [-0.1, -0.05) is 0 Å². The third-order valence-corrected chi connectivity index (χ3v) is 6.14. The van der Waals surface area contributed by atoms with Crippen LogP contribution in [0.25, 0.3) is 0 Å². The number of carbonyl (C=O) groups excluding carboxylic acids is 2. The van der Waals surface area contributed by atoms with Gasteiger partial charge in [0.1, 0.15) is 18.1 Å². The highest BCUT2D eigenvalue weighted by molar-refractivity contribution is 7.13. The molecule has 142 valence electrons. The van der Waals surface area contributed by atoms with Crippen LogP contribution in [0, 0.1) is 19.8 Å². The second-order valence-electron chi connectivity index (χ2n) is 6.94. The number of rotatable bonds is 3. The van der Waals surface area contributed by atoms with E-state index in [0.29, 0.717) is 61.1 Å². The van der Waals surface area contributed by atoms with Gasteiger partial charge in [-0.05, 0) is 44.9 Å². The highest BCUT2D eigenvalue weighted by Gasteiger charge is 2.30. The molecule has 4 rings (SSSR count). The molecule has 1 fully saturated rings. The molecule has 2 aliphatic rings. The Morgan fingerprint density at radius 3 is 2.48 bits per heavy atom. The van der Waals surface area contributed by atoms with Crippen LogP contribution >= 0.6 is 11.3 Å². The van der Waals surface area contributed by atoms with Crippen LogP contribution in [-0.2, 0) is 0 Å². The number of benzene rings is 1. The van der Waals surface area contributed by atoms with Crippen LogP contribution < -0.4 is 9.47 Å². The van der Waals surface area contributed by atoms with Crippen molar-refractivity contribution in [2.24, 2.45) is 5.92 Å². The van der Waals surface area contributed by atoms with Gasteiger partial charge in [0.25, 0.3) is 5.91 Å². The minimum absolute atomic E-state index is 0.0309. The number of hydrogen-bond donors (Lipinski definition) is 0. The van der Waals surface area contributed by atoms with Crippen molar-refractivity contribution >= 4 is 23.0 Å². The normalized spacial score (nSPS) is 17.0. The molecule has 0 atom stereocenters. The van der Waals surface area contributed by atoms with Crippen LogP contribution in [0.5, 0.6) is 11.5 Å². The number of aryl methyl sites for hydroxylation is 2. The van der Waals surface area contributed by atoms with E-state index in [1.165, 1.54) is 11.3 Å². The summed E-state index contributed by atoms with van der Waals surface area (Å²) in [6.45, 7) is 6.00. The first-order valence-electron chi connectivity index (χ1n) is 9.20. The van der Waals surface area contributed by atoms with Crippen LogP contribution in [0.2, 0.25) is 0 Å². The van der Waals surface area contributed by atoms with Gasteiger partial charge in [-0.15, -0.1) is 11.3 Å². The summed E-state index contributed by atoms with van der Waals surface area (Å²) in [6.07, 6.45) is 1.35. The SMILES string of the molecule is Cc1nc(C)c(C(=O)N2CCC(C(=O)c3ccc4c(c3)OCCO4)CC2)s1. The monoisotopic (exact) mass is 386 g/mol. The quantitative estimate of drug-likeness (QED) is 0.758. The fourth-order valence-electron chi connectivity index (χ4n) is 3.65. The van der Waals surface area contributed by atoms with Gasteiger partial charge in [0, 0.05) is 24.6 Å². The Labute approximate surface area is 162 Å². The minimum atomic E-state index is -0.0686. The second-order valence-corrected chi connectivity index (χ2v) is 8.14. The molecule has 27 heavy (non-hydrogen) atoms. The van der Waals surface area contributed by atoms with Gasteiger partial charge in [0.2, 0.25) is 0 Å². The topological polar surface area (TPSA) is 68.7 Å². The summed E-state index contributed by atoms with van der Waals surface area (Å²) in [4.78, 5) is 32.5. The van der Waals surface area contributed by atoms with Crippen molar-refractivity contribution in [3.63, 3.8) is 0 Å². The lowest BCUT2D eigenvalue weighted by Crippen LogP contribution is -2.40. The zero-order chi connectivity index (χ0) is 19.0. The first kappa shape index (κ1) is 18.0. The predicted octanol–water partition coefficient (Wildman–Crippen LogP) is 3.27. The van der Waals surface area contributed by atoms with E-state index in [1.807, 2.05) is 18.7 Å². The molecule has 0 N–H and O–H groups in total. The number of amides is 1. The molecule has 0 bridgehead atoms.